The van der Waals surface area contributed by atoms with E-state index in [2.05, 4.69) is 14.3 Å². The maximum absolute atomic E-state index is 12.0. The number of alkyl halides is 1. The van der Waals surface area contributed by atoms with Crippen LogP contribution in [0.2, 0.25) is 0 Å². The first-order valence-electron chi connectivity index (χ1n) is 3.34. The Morgan fingerprint density at radius 3 is 2.80 bits per heavy atom. The fraction of sp³-hybridized carbons (Fsp3) is 0.333. The fourth-order valence-corrected chi connectivity index (χ4v) is 1.91. The van der Waals surface area contributed by atoms with Gasteiger partial charge in [0.15, 0.2) is 6.07 Å². The first-order valence-corrected chi connectivity index (χ1v) is 5.98. The maximum Gasteiger partial charge on any atom is 0.460 e. The van der Waals surface area contributed by atoms with Crippen LogP contribution in [0.1, 0.15) is 0 Å². The number of oxime groups is 1. The second kappa shape index (κ2) is 7.36. The SMILES string of the molecule is N#CC#COP(=O)(CCCl)ON=C(F)Cl. The second-order valence-electron chi connectivity index (χ2n) is 1.87. The minimum Gasteiger partial charge on any atom is -0.360 e. The van der Waals surface area contributed by atoms with Crippen LogP contribution in [-0.2, 0) is 13.7 Å². The van der Waals surface area contributed by atoms with E-state index >= 15 is 0 Å². The first kappa shape index (κ1) is 14.1. The number of nitrogens with zero attached hydrogens (tertiary/aromatic N) is 2. The van der Waals surface area contributed by atoms with E-state index in [1.807, 2.05) is 5.92 Å². The molecule has 0 heterocycles. The van der Waals surface area contributed by atoms with Crippen LogP contribution < -0.4 is 0 Å². The molecule has 0 N–H and O–H groups in total. The number of nitriles is 1. The molecular formula is C6H4Cl2FN2O3P. The lowest BCUT2D eigenvalue weighted by atomic mass is 10.8. The molecule has 1 atom stereocenters. The minimum atomic E-state index is -3.77. The van der Waals surface area contributed by atoms with E-state index in [1.165, 1.54) is 6.07 Å². The molecule has 0 aromatic heterocycles. The Morgan fingerprint density at radius 1 is 1.67 bits per heavy atom. The zero-order valence-corrected chi connectivity index (χ0v) is 9.52. The summed E-state index contributed by atoms with van der Waals surface area (Å²) in [5, 5.41) is 10.7. The molecule has 0 aromatic rings. The number of hydrogen-bond donors (Lipinski definition) is 0. The molecule has 0 rings (SSSR count). The zero-order valence-electron chi connectivity index (χ0n) is 7.11. The molecule has 0 aliphatic heterocycles. The van der Waals surface area contributed by atoms with Crippen LogP contribution in [-0.4, -0.2) is 17.5 Å². The highest BCUT2D eigenvalue weighted by Crippen LogP contribution is 2.48. The van der Waals surface area contributed by atoms with Gasteiger partial charge >= 0.3 is 13.0 Å². The molecule has 0 aromatic carbocycles. The molecule has 0 fully saturated rings. The van der Waals surface area contributed by atoms with Crippen LogP contribution in [0.25, 0.3) is 0 Å². The van der Waals surface area contributed by atoms with Crippen molar-refractivity contribution < 1.29 is 18.1 Å². The molecule has 1 unspecified atom stereocenters. The lowest BCUT2D eigenvalue weighted by Gasteiger charge is -2.09. The number of rotatable bonds is 5. The molecule has 0 bridgehead atoms. The fourth-order valence-electron chi connectivity index (χ4n) is 0.415. The third-order valence-corrected chi connectivity index (χ3v) is 2.88. The van der Waals surface area contributed by atoms with Gasteiger partial charge < -0.3 is 9.15 Å². The minimum absolute atomic E-state index is 0.0784. The molecule has 15 heavy (non-hydrogen) atoms. The standard InChI is InChI=1S/C6H4Cl2FN2O3P/c7-2-5-15(12,13-4-1-3-10)14-11-6(8)9/h2,5H2. The summed E-state index contributed by atoms with van der Waals surface area (Å²) in [5.41, 5.74) is -1.44. The van der Waals surface area contributed by atoms with E-state index in [1.54, 1.807) is 6.11 Å². The average molecular weight is 273 g/mol. The summed E-state index contributed by atoms with van der Waals surface area (Å²) in [7, 11) is -3.77. The van der Waals surface area contributed by atoms with Crippen LogP contribution in [0.4, 0.5) is 4.39 Å². The highest BCUT2D eigenvalue weighted by Gasteiger charge is 2.26. The molecule has 0 spiro atoms. The van der Waals surface area contributed by atoms with Crippen molar-refractivity contribution in [2.24, 2.45) is 5.16 Å². The summed E-state index contributed by atoms with van der Waals surface area (Å²) in [6, 6.07) is 1.42. The van der Waals surface area contributed by atoms with Crippen LogP contribution in [0, 0.1) is 23.4 Å². The predicted molar refractivity (Wildman–Crippen MR) is 53.1 cm³/mol. The van der Waals surface area contributed by atoms with Gasteiger partial charge in [0.2, 0.25) is 0 Å². The van der Waals surface area contributed by atoms with Crippen LogP contribution >= 0.6 is 30.8 Å². The van der Waals surface area contributed by atoms with Gasteiger partial charge in [-0.2, -0.15) is 9.65 Å². The monoisotopic (exact) mass is 272 g/mol. The molecule has 82 valence electrons. The van der Waals surface area contributed by atoms with Crippen molar-refractivity contribution in [3.63, 3.8) is 0 Å². The van der Waals surface area contributed by atoms with Crippen molar-refractivity contribution in [2.75, 3.05) is 12.0 Å². The third kappa shape index (κ3) is 7.04. The Labute approximate surface area is 95.3 Å². The average Bonchev–Trinajstić information content (AvgIpc) is 2.16. The first-order chi connectivity index (χ1) is 7.04. The van der Waals surface area contributed by atoms with E-state index in [0.717, 1.165) is 0 Å². The van der Waals surface area contributed by atoms with Crippen LogP contribution in [0.3, 0.4) is 0 Å². The van der Waals surface area contributed by atoms with Crippen molar-refractivity contribution >= 4 is 36.2 Å². The Morgan fingerprint density at radius 2 is 2.33 bits per heavy atom. The molecule has 0 saturated carbocycles. The summed E-state index contributed by atoms with van der Waals surface area (Å²) >= 11 is 10.00. The normalized spacial score (nSPS) is 14.1. The lowest BCUT2D eigenvalue weighted by molar-refractivity contribution is 0.267. The molecule has 9 heteroatoms. The Kier molecular flexibility index (Phi) is 6.90. The van der Waals surface area contributed by atoms with E-state index in [-0.39, 0.29) is 12.0 Å². The molecule has 0 radical (unpaired) electrons. The number of halogens is 3. The zero-order chi connectivity index (χ0) is 11.7. The summed E-state index contributed by atoms with van der Waals surface area (Å²) in [5.74, 6) is 1.73. The lowest BCUT2D eigenvalue weighted by Crippen LogP contribution is -1.95. The van der Waals surface area contributed by atoms with Crippen molar-refractivity contribution in [1.82, 2.24) is 0 Å². The number of hydrogen-bond acceptors (Lipinski definition) is 5. The van der Waals surface area contributed by atoms with Crippen molar-refractivity contribution in [1.29, 1.82) is 5.26 Å². The molecule has 0 saturated heterocycles. The van der Waals surface area contributed by atoms with E-state index in [0.29, 0.717) is 0 Å². The van der Waals surface area contributed by atoms with Gasteiger partial charge in [-0.25, -0.2) is 4.57 Å². The molecule has 0 amide bonds. The third-order valence-electron chi connectivity index (χ3n) is 0.884. The summed E-state index contributed by atoms with van der Waals surface area (Å²) in [6.45, 7) is 0. The Hall–Kier alpha value is -0.940. The van der Waals surface area contributed by atoms with Crippen LogP contribution in [0.5, 0.6) is 0 Å². The largest absolute Gasteiger partial charge is 0.460 e. The van der Waals surface area contributed by atoms with Gasteiger partial charge in [-0.3, -0.25) is 0 Å². The quantitative estimate of drug-likeness (QED) is 0.253. The van der Waals surface area contributed by atoms with Gasteiger partial charge in [-0.05, 0) is 16.8 Å². The molecule has 0 aliphatic carbocycles. The highest BCUT2D eigenvalue weighted by atomic mass is 35.5. The second-order valence-corrected chi connectivity index (χ2v) is 4.57. The molecule has 0 aliphatic rings. The summed E-state index contributed by atoms with van der Waals surface area (Å²) in [4.78, 5) is 0. The van der Waals surface area contributed by atoms with Crippen molar-refractivity contribution in [3.05, 3.63) is 0 Å². The summed E-state index contributed by atoms with van der Waals surface area (Å²) < 4.78 is 32.1. The molecular weight excluding hydrogens is 269 g/mol. The van der Waals surface area contributed by atoms with Crippen LogP contribution in [0.15, 0.2) is 5.16 Å². The van der Waals surface area contributed by atoms with Gasteiger partial charge in [-0.15, -0.1) is 11.6 Å². The van der Waals surface area contributed by atoms with Crippen molar-refractivity contribution in [3.8, 4) is 18.1 Å². The Bertz CT molecular complexity index is 380. The van der Waals surface area contributed by atoms with Gasteiger partial charge in [0, 0.05) is 5.88 Å². The maximum atomic E-state index is 12.0. The van der Waals surface area contributed by atoms with E-state index < -0.39 is 13.0 Å². The smallest absolute Gasteiger partial charge is 0.360 e. The van der Waals surface area contributed by atoms with Crippen molar-refractivity contribution in [2.45, 2.75) is 0 Å². The van der Waals surface area contributed by atoms with Gasteiger partial charge in [0.1, 0.15) is 6.11 Å². The topological polar surface area (TPSA) is 71.7 Å². The van der Waals surface area contributed by atoms with E-state index in [9.17, 15) is 8.96 Å². The van der Waals surface area contributed by atoms with Gasteiger partial charge in [-0.1, -0.05) is 0 Å². The van der Waals surface area contributed by atoms with Gasteiger partial charge in [0.05, 0.1) is 12.1 Å². The Balaban J connectivity index is 4.53. The summed E-state index contributed by atoms with van der Waals surface area (Å²) in [6.07, 6.45) is 1.54. The highest BCUT2D eigenvalue weighted by molar-refractivity contribution is 7.54. The van der Waals surface area contributed by atoms with Gasteiger partial charge in [0.25, 0.3) is 0 Å². The molecule has 5 nitrogen and oxygen atoms in total. The van der Waals surface area contributed by atoms with E-state index in [4.69, 9.17) is 28.5 Å². The predicted octanol–water partition coefficient (Wildman–Crippen LogP) is 2.42.